The first-order valence-corrected chi connectivity index (χ1v) is 8.44. The fourth-order valence-corrected chi connectivity index (χ4v) is 3.34. The molecule has 4 heteroatoms. The Labute approximate surface area is 127 Å². The fourth-order valence-electron chi connectivity index (χ4n) is 3.34. The third kappa shape index (κ3) is 3.66. The molecule has 1 N–H and O–H groups in total. The molecule has 2 rings (SSSR count). The summed E-state index contributed by atoms with van der Waals surface area (Å²) < 4.78 is 0. The first-order chi connectivity index (χ1) is 10.2. The smallest absolute Gasteiger partial charge is 0.261 e. The number of carbonyl (C=O) groups excluding carboxylic acids is 2. The SMILES string of the molecule is CCCCCCCCCC(=O)C1=C(O)[C@@H]2CCCN2C1=O. The zero-order chi connectivity index (χ0) is 15.2. The Bertz CT molecular complexity index is 428. The van der Waals surface area contributed by atoms with Gasteiger partial charge in [0.15, 0.2) is 5.78 Å². The molecule has 1 fully saturated rings. The van der Waals surface area contributed by atoms with Gasteiger partial charge < -0.3 is 10.0 Å². The maximum absolute atomic E-state index is 12.2. The van der Waals surface area contributed by atoms with Crippen molar-refractivity contribution < 1.29 is 14.7 Å². The highest BCUT2D eigenvalue weighted by Crippen LogP contribution is 2.33. The number of ketones is 1. The van der Waals surface area contributed by atoms with Crippen LogP contribution in [0.4, 0.5) is 0 Å². The van der Waals surface area contributed by atoms with E-state index in [-0.39, 0.29) is 29.1 Å². The van der Waals surface area contributed by atoms with E-state index in [2.05, 4.69) is 6.92 Å². The van der Waals surface area contributed by atoms with Crippen LogP contribution in [0.1, 0.15) is 71.1 Å². The normalized spacial score (nSPS) is 21.3. The van der Waals surface area contributed by atoms with E-state index in [0.717, 1.165) is 32.1 Å². The van der Waals surface area contributed by atoms with Crippen LogP contribution in [0.2, 0.25) is 0 Å². The minimum Gasteiger partial charge on any atom is -0.509 e. The molecule has 1 atom stereocenters. The number of nitrogens with zero attached hydrogens (tertiary/aromatic N) is 1. The molecule has 0 aliphatic carbocycles. The first kappa shape index (κ1) is 16.1. The Balaban J connectivity index is 1.73. The van der Waals surface area contributed by atoms with Gasteiger partial charge in [0.2, 0.25) is 0 Å². The van der Waals surface area contributed by atoms with E-state index in [4.69, 9.17) is 0 Å². The summed E-state index contributed by atoms with van der Waals surface area (Å²) >= 11 is 0. The van der Waals surface area contributed by atoms with Crippen LogP contribution >= 0.6 is 0 Å². The van der Waals surface area contributed by atoms with E-state index < -0.39 is 0 Å². The van der Waals surface area contributed by atoms with Crippen LogP contribution in [0.5, 0.6) is 0 Å². The average molecular weight is 293 g/mol. The monoisotopic (exact) mass is 293 g/mol. The van der Waals surface area contributed by atoms with E-state index in [1.807, 2.05) is 0 Å². The zero-order valence-electron chi connectivity index (χ0n) is 13.1. The van der Waals surface area contributed by atoms with Gasteiger partial charge in [-0.2, -0.15) is 0 Å². The molecule has 0 unspecified atom stereocenters. The average Bonchev–Trinajstić information content (AvgIpc) is 3.03. The molecule has 4 nitrogen and oxygen atoms in total. The van der Waals surface area contributed by atoms with Crippen LogP contribution < -0.4 is 0 Å². The number of carbonyl (C=O) groups is 2. The third-order valence-corrected chi connectivity index (χ3v) is 4.59. The molecular weight excluding hydrogens is 266 g/mol. The molecule has 1 saturated heterocycles. The van der Waals surface area contributed by atoms with Crippen molar-refractivity contribution in [2.24, 2.45) is 0 Å². The lowest BCUT2D eigenvalue weighted by Crippen LogP contribution is -2.30. The predicted molar refractivity (Wildman–Crippen MR) is 82.0 cm³/mol. The van der Waals surface area contributed by atoms with Crippen molar-refractivity contribution in [2.45, 2.75) is 77.2 Å². The molecule has 0 radical (unpaired) electrons. The molecular formula is C17H27NO3. The van der Waals surface area contributed by atoms with Gasteiger partial charge in [0.1, 0.15) is 11.3 Å². The number of rotatable bonds is 9. The summed E-state index contributed by atoms with van der Waals surface area (Å²) in [5.74, 6) is -0.381. The molecule has 2 aliphatic heterocycles. The molecule has 0 bridgehead atoms. The number of unbranched alkanes of at least 4 members (excludes halogenated alkanes) is 6. The van der Waals surface area contributed by atoms with Crippen LogP contribution in [0.3, 0.4) is 0 Å². The fraction of sp³-hybridized carbons (Fsp3) is 0.765. The predicted octanol–water partition coefficient (Wildman–Crippen LogP) is 3.51. The van der Waals surface area contributed by atoms with Crippen molar-refractivity contribution in [2.75, 3.05) is 6.54 Å². The van der Waals surface area contributed by atoms with E-state index in [1.54, 1.807) is 4.90 Å². The van der Waals surface area contributed by atoms with Crippen molar-refractivity contribution in [1.82, 2.24) is 4.90 Å². The number of aliphatic hydroxyl groups is 1. The van der Waals surface area contributed by atoms with Crippen LogP contribution in [0.25, 0.3) is 0 Å². The van der Waals surface area contributed by atoms with Crippen LogP contribution in [-0.2, 0) is 9.59 Å². The lowest BCUT2D eigenvalue weighted by molar-refractivity contribution is -0.128. The van der Waals surface area contributed by atoms with Gasteiger partial charge in [-0.25, -0.2) is 0 Å². The van der Waals surface area contributed by atoms with E-state index in [0.29, 0.717) is 13.0 Å². The molecule has 118 valence electrons. The number of amides is 1. The molecule has 1 amide bonds. The summed E-state index contributed by atoms with van der Waals surface area (Å²) in [6, 6.07) is -0.217. The van der Waals surface area contributed by atoms with E-state index >= 15 is 0 Å². The summed E-state index contributed by atoms with van der Waals surface area (Å²) in [5.41, 5.74) is 0.0747. The summed E-state index contributed by atoms with van der Waals surface area (Å²) in [6.45, 7) is 2.87. The van der Waals surface area contributed by atoms with Gasteiger partial charge in [-0.3, -0.25) is 9.59 Å². The minimum atomic E-state index is -0.247. The highest BCUT2D eigenvalue weighted by atomic mass is 16.3. The maximum atomic E-state index is 12.2. The second-order valence-electron chi connectivity index (χ2n) is 6.21. The zero-order valence-corrected chi connectivity index (χ0v) is 13.1. The van der Waals surface area contributed by atoms with E-state index in [9.17, 15) is 14.7 Å². The third-order valence-electron chi connectivity index (χ3n) is 4.59. The number of hydrogen-bond acceptors (Lipinski definition) is 3. The summed E-state index contributed by atoms with van der Waals surface area (Å²) in [5, 5.41) is 10.1. The van der Waals surface area contributed by atoms with Crippen molar-refractivity contribution in [3.05, 3.63) is 11.3 Å². The Kier molecular flexibility index (Phi) is 5.83. The molecule has 0 saturated carbocycles. The van der Waals surface area contributed by atoms with Gasteiger partial charge in [-0.1, -0.05) is 45.4 Å². The Morgan fingerprint density at radius 1 is 1.19 bits per heavy atom. The lowest BCUT2D eigenvalue weighted by Gasteiger charge is -2.14. The minimum absolute atomic E-state index is 0.0328. The number of aliphatic hydroxyl groups excluding tert-OH is 1. The quantitative estimate of drug-likeness (QED) is 0.523. The van der Waals surface area contributed by atoms with Crippen molar-refractivity contribution in [3.63, 3.8) is 0 Å². The molecule has 2 heterocycles. The Hall–Kier alpha value is -1.32. The second-order valence-corrected chi connectivity index (χ2v) is 6.21. The highest BCUT2D eigenvalue weighted by molar-refractivity contribution is 6.21. The van der Waals surface area contributed by atoms with Gasteiger partial charge in [0.05, 0.1) is 6.04 Å². The molecule has 0 aromatic heterocycles. The van der Waals surface area contributed by atoms with Crippen LogP contribution in [0.15, 0.2) is 11.3 Å². The van der Waals surface area contributed by atoms with Gasteiger partial charge in [0.25, 0.3) is 5.91 Å². The second kappa shape index (κ2) is 7.62. The molecule has 0 spiro atoms. The molecule has 0 aromatic rings. The van der Waals surface area contributed by atoms with E-state index in [1.165, 1.54) is 25.7 Å². The van der Waals surface area contributed by atoms with Gasteiger partial charge in [-0.15, -0.1) is 0 Å². The van der Waals surface area contributed by atoms with Crippen molar-refractivity contribution in [1.29, 1.82) is 0 Å². The maximum Gasteiger partial charge on any atom is 0.261 e. The largest absolute Gasteiger partial charge is 0.509 e. The number of fused-ring (bicyclic) bond motifs is 1. The number of hydrogen-bond donors (Lipinski definition) is 1. The summed E-state index contributed by atoms with van der Waals surface area (Å²) in [6.07, 6.45) is 10.1. The van der Waals surface area contributed by atoms with Crippen LogP contribution in [-0.4, -0.2) is 34.3 Å². The number of Topliss-reactive ketones (excluding diaryl/α,β-unsaturated/α-hetero) is 1. The standard InChI is InChI=1S/C17H27NO3/c1-2-3-4-5-6-7-8-11-14(19)15-16(20)13-10-9-12-18(13)17(15)21/h13,20H,2-12H2,1H3/t13-/m0/s1. The highest BCUT2D eigenvalue weighted by Gasteiger charge is 2.44. The van der Waals surface area contributed by atoms with Gasteiger partial charge in [-0.05, 0) is 19.3 Å². The molecule has 0 aromatic carbocycles. The molecule has 2 aliphatic rings. The summed E-state index contributed by atoms with van der Waals surface area (Å²) in [7, 11) is 0. The van der Waals surface area contributed by atoms with Gasteiger partial charge in [0, 0.05) is 13.0 Å². The van der Waals surface area contributed by atoms with Crippen molar-refractivity contribution in [3.8, 4) is 0 Å². The van der Waals surface area contributed by atoms with Gasteiger partial charge >= 0.3 is 0 Å². The Morgan fingerprint density at radius 2 is 1.86 bits per heavy atom. The van der Waals surface area contributed by atoms with Crippen LogP contribution in [0, 0.1) is 0 Å². The first-order valence-electron chi connectivity index (χ1n) is 8.44. The summed E-state index contributed by atoms with van der Waals surface area (Å²) in [4.78, 5) is 25.9. The van der Waals surface area contributed by atoms with Crippen molar-refractivity contribution >= 4 is 11.7 Å². The topological polar surface area (TPSA) is 57.6 Å². The Morgan fingerprint density at radius 3 is 2.52 bits per heavy atom. The molecule has 21 heavy (non-hydrogen) atoms. The lowest BCUT2D eigenvalue weighted by atomic mass is 10.0.